The van der Waals surface area contributed by atoms with E-state index in [9.17, 15) is 14.4 Å². The van der Waals surface area contributed by atoms with Gasteiger partial charge in [0.15, 0.2) is 0 Å². The highest BCUT2D eigenvalue weighted by Crippen LogP contribution is 2.25. The summed E-state index contributed by atoms with van der Waals surface area (Å²) in [5.74, 6) is -1.61. The molecule has 0 aliphatic carbocycles. The van der Waals surface area contributed by atoms with Gasteiger partial charge in [-0.1, -0.05) is 35.3 Å². The van der Waals surface area contributed by atoms with E-state index in [0.29, 0.717) is 22.0 Å². The van der Waals surface area contributed by atoms with Gasteiger partial charge in [0.1, 0.15) is 0 Å². The van der Waals surface area contributed by atoms with Crippen LogP contribution in [0, 0.1) is 0 Å². The SMILES string of the molecule is O=C(CSc1cccc(NC(=O)c2ccc(Cl)cc2Cl)c1)Nc1cccc(C(=O)O)c1. The maximum atomic E-state index is 12.5. The van der Waals surface area contributed by atoms with Crippen molar-refractivity contribution < 1.29 is 19.5 Å². The van der Waals surface area contributed by atoms with Crippen LogP contribution in [0.4, 0.5) is 11.4 Å². The van der Waals surface area contributed by atoms with Crippen molar-refractivity contribution in [1.29, 1.82) is 0 Å². The first kappa shape index (κ1) is 22.7. The molecule has 0 heterocycles. The third-order valence-corrected chi connectivity index (χ3v) is 5.57. The van der Waals surface area contributed by atoms with E-state index in [1.54, 1.807) is 42.5 Å². The number of nitrogens with one attached hydrogen (secondary N) is 2. The Kier molecular flexibility index (Phi) is 7.57. The lowest BCUT2D eigenvalue weighted by Crippen LogP contribution is -2.14. The highest BCUT2D eigenvalue weighted by molar-refractivity contribution is 8.00. The number of carbonyl (C=O) groups excluding carboxylic acids is 2. The van der Waals surface area contributed by atoms with E-state index in [1.807, 2.05) is 6.07 Å². The van der Waals surface area contributed by atoms with Crippen LogP contribution in [0.2, 0.25) is 10.0 Å². The molecule has 2 amide bonds. The minimum atomic E-state index is -1.07. The summed E-state index contributed by atoms with van der Waals surface area (Å²) in [7, 11) is 0. The first-order valence-electron chi connectivity index (χ1n) is 8.94. The van der Waals surface area contributed by atoms with E-state index in [1.165, 1.54) is 30.0 Å². The number of amides is 2. The molecule has 0 fully saturated rings. The Morgan fingerprint density at radius 2 is 1.58 bits per heavy atom. The summed E-state index contributed by atoms with van der Waals surface area (Å²) in [5.41, 5.74) is 1.35. The molecule has 3 N–H and O–H groups in total. The number of halogens is 2. The molecule has 3 rings (SSSR count). The summed E-state index contributed by atoms with van der Waals surface area (Å²) in [5, 5.41) is 15.1. The van der Waals surface area contributed by atoms with E-state index in [2.05, 4.69) is 10.6 Å². The molecule has 0 aromatic heterocycles. The molecule has 0 radical (unpaired) electrons. The van der Waals surface area contributed by atoms with Crippen molar-refractivity contribution in [3.63, 3.8) is 0 Å². The second kappa shape index (κ2) is 10.3. The molecule has 31 heavy (non-hydrogen) atoms. The molecule has 0 aliphatic heterocycles. The number of thioether (sulfide) groups is 1. The molecule has 9 heteroatoms. The van der Waals surface area contributed by atoms with Gasteiger partial charge in [-0.05, 0) is 54.6 Å². The van der Waals surface area contributed by atoms with Gasteiger partial charge in [0.2, 0.25) is 5.91 Å². The molecule has 0 saturated carbocycles. The van der Waals surface area contributed by atoms with Gasteiger partial charge in [-0.2, -0.15) is 0 Å². The fourth-order valence-electron chi connectivity index (χ4n) is 2.61. The Morgan fingerprint density at radius 1 is 0.871 bits per heavy atom. The van der Waals surface area contributed by atoms with Crippen LogP contribution >= 0.6 is 35.0 Å². The Labute approximate surface area is 192 Å². The zero-order valence-corrected chi connectivity index (χ0v) is 18.2. The normalized spacial score (nSPS) is 10.4. The molecule has 0 bridgehead atoms. The second-order valence-corrected chi connectivity index (χ2v) is 8.22. The summed E-state index contributed by atoms with van der Waals surface area (Å²) >= 11 is 13.2. The maximum Gasteiger partial charge on any atom is 0.335 e. The molecule has 0 atom stereocenters. The van der Waals surface area contributed by atoms with Crippen molar-refractivity contribution in [1.82, 2.24) is 0 Å². The Bertz CT molecular complexity index is 1150. The fourth-order valence-corrected chi connectivity index (χ4v) is 3.86. The standard InChI is InChI=1S/C22H16Cl2N2O4S/c23-14-7-8-18(19(24)10-14)21(28)26-16-5-2-6-17(11-16)31-12-20(27)25-15-4-1-3-13(9-15)22(29)30/h1-11H,12H2,(H,25,27)(H,26,28)(H,29,30). The number of aromatic carboxylic acids is 1. The summed E-state index contributed by atoms with van der Waals surface area (Å²) < 4.78 is 0. The van der Waals surface area contributed by atoms with E-state index in [-0.39, 0.29) is 28.2 Å². The maximum absolute atomic E-state index is 12.5. The highest BCUT2D eigenvalue weighted by atomic mass is 35.5. The number of carbonyl (C=O) groups is 3. The van der Waals surface area contributed by atoms with Crippen LogP contribution in [-0.4, -0.2) is 28.6 Å². The molecular weight excluding hydrogens is 459 g/mol. The lowest BCUT2D eigenvalue weighted by Gasteiger charge is -2.09. The van der Waals surface area contributed by atoms with Gasteiger partial charge in [-0.25, -0.2) is 4.79 Å². The molecule has 3 aromatic rings. The lowest BCUT2D eigenvalue weighted by molar-refractivity contribution is -0.113. The quantitative estimate of drug-likeness (QED) is 0.383. The first-order valence-corrected chi connectivity index (χ1v) is 10.7. The van der Waals surface area contributed by atoms with Crippen molar-refractivity contribution >= 4 is 64.1 Å². The van der Waals surface area contributed by atoms with Gasteiger partial charge in [-0.15, -0.1) is 11.8 Å². The van der Waals surface area contributed by atoms with Crippen molar-refractivity contribution in [2.24, 2.45) is 0 Å². The number of anilines is 2. The van der Waals surface area contributed by atoms with Crippen LogP contribution in [0.3, 0.4) is 0 Å². The molecule has 0 spiro atoms. The van der Waals surface area contributed by atoms with Gasteiger partial charge >= 0.3 is 5.97 Å². The number of hydrogen-bond acceptors (Lipinski definition) is 4. The molecular formula is C22H16Cl2N2O4S. The monoisotopic (exact) mass is 474 g/mol. The van der Waals surface area contributed by atoms with Gasteiger partial charge in [-0.3, -0.25) is 9.59 Å². The topological polar surface area (TPSA) is 95.5 Å². The average Bonchev–Trinajstić information content (AvgIpc) is 2.72. The Hall–Kier alpha value is -3.00. The molecule has 0 unspecified atom stereocenters. The molecule has 3 aromatic carbocycles. The zero-order valence-electron chi connectivity index (χ0n) is 15.9. The van der Waals surface area contributed by atoms with Gasteiger partial charge < -0.3 is 15.7 Å². The first-order chi connectivity index (χ1) is 14.8. The van der Waals surface area contributed by atoms with E-state index < -0.39 is 5.97 Å². The van der Waals surface area contributed by atoms with Gasteiger partial charge in [0, 0.05) is 21.3 Å². The summed E-state index contributed by atoms with van der Waals surface area (Å²) in [4.78, 5) is 36.5. The van der Waals surface area contributed by atoms with Crippen LogP contribution in [0.25, 0.3) is 0 Å². The second-order valence-electron chi connectivity index (χ2n) is 6.33. The average molecular weight is 475 g/mol. The predicted octanol–water partition coefficient (Wildman–Crippen LogP) is 5.67. The third-order valence-electron chi connectivity index (χ3n) is 4.03. The van der Waals surface area contributed by atoms with E-state index >= 15 is 0 Å². The predicted molar refractivity (Wildman–Crippen MR) is 124 cm³/mol. The summed E-state index contributed by atoms with van der Waals surface area (Å²) in [6, 6.07) is 17.7. The van der Waals surface area contributed by atoms with Crippen LogP contribution in [0.15, 0.2) is 71.6 Å². The van der Waals surface area contributed by atoms with Crippen LogP contribution in [-0.2, 0) is 4.79 Å². The summed E-state index contributed by atoms with van der Waals surface area (Å²) in [6.07, 6.45) is 0. The molecule has 6 nitrogen and oxygen atoms in total. The van der Waals surface area contributed by atoms with Crippen molar-refractivity contribution in [2.75, 3.05) is 16.4 Å². The smallest absolute Gasteiger partial charge is 0.335 e. The zero-order chi connectivity index (χ0) is 22.4. The lowest BCUT2D eigenvalue weighted by atomic mass is 10.2. The largest absolute Gasteiger partial charge is 0.478 e. The van der Waals surface area contributed by atoms with Gasteiger partial charge in [0.25, 0.3) is 5.91 Å². The van der Waals surface area contributed by atoms with Gasteiger partial charge in [0.05, 0.1) is 21.9 Å². The van der Waals surface area contributed by atoms with Crippen molar-refractivity contribution in [3.8, 4) is 0 Å². The van der Waals surface area contributed by atoms with E-state index in [4.69, 9.17) is 28.3 Å². The van der Waals surface area contributed by atoms with Crippen LogP contribution in [0.1, 0.15) is 20.7 Å². The molecule has 0 saturated heterocycles. The number of carboxylic acids is 1. The highest BCUT2D eigenvalue weighted by Gasteiger charge is 2.12. The number of rotatable bonds is 7. The molecule has 158 valence electrons. The number of benzene rings is 3. The number of carboxylic acid groups (broad SMARTS) is 1. The Morgan fingerprint density at radius 3 is 2.29 bits per heavy atom. The van der Waals surface area contributed by atoms with Crippen LogP contribution in [0.5, 0.6) is 0 Å². The third kappa shape index (κ3) is 6.49. The summed E-state index contributed by atoms with van der Waals surface area (Å²) in [6.45, 7) is 0. The number of hydrogen-bond donors (Lipinski definition) is 3. The Balaban J connectivity index is 1.59. The minimum absolute atomic E-state index is 0.0923. The van der Waals surface area contributed by atoms with E-state index in [0.717, 1.165) is 4.90 Å². The van der Waals surface area contributed by atoms with Crippen molar-refractivity contribution in [3.05, 3.63) is 87.9 Å². The van der Waals surface area contributed by atoms with Crippen LogP contribution < -0.4 is 10.6 Å². The molecule has 0 aliphatic rings. The fraction of sp³-hybridized carbons (Fsp3) is 0.0455. The minimum Gasteiger partial charge on any atom is -0.478 e. The van der Waals surface area contributed by atoms with Crippen molar-refractivity contribution in [2.45, 2.75) is 4.90 Å².